The van der Waals surface area contributed by atoms with Gasteiger partial charge in [-0.05, 0) is 36.3 Å². The summed E-state index contributed by atoms with van der Waals surface area (Å²) >= 11 is 0. The zero-order chi connectivity index (χ0) is 21.9. The third-order valence-corrected chi connectivity index (χ3v) is 6.55. The van der Waals surface area contributed by atoms with E-state index in [0.717, 1.165) is 11.1 Å². The van der Waals surface area contributed by atoms with Crippen molar-refractivity contribution in [3.63, 3.8) is 0 Å². The number of fused-ring (bicyclic) bond motifs is 5. The largest absolute Gasteiger partial charge is 0.595 e. The molecule has 2 amide bonds. The molecule has 3 aliphatic heterocycles. The zero-order valence-corrected chi connectivity index (χ0v) is 16.8. The molecule has 31 heavy (non-hydrogen) atoms. The van der Waals surface area contributed by atoms with Crippen molar-refractivity contribution in [3.8, 4) is 0 Å². The highest BCUT2D eigenvalue weighted by Gasteiger charge is 2.63. The third kappa shape index (κ3) is 2.76. The van der Waals surface area contributed by atoms with Gasteiger partial charge in [0.2, 0.25) is 11.8 Å². The number of hydrogen-bond donors (Lipinski definition) is 2. The fourth-order valence-electron chi connectivity index (χ4n) is 5.18. The maximum Gasteiger partial charge on any atom is 0.235 e. The fraction of sp³-hybridized carbons (Fsp3) is 0.261. The van der Waals surface area contributed by atoms with Gasteiger partial charge in [0, 0.05) is 30.4 Å². The van der Waals surface area contributed by atoms with Crippen LogP contribution in [0.25, 0.3) is 6.08 Å². The molecular formula is C23H21N3O5. The number of carbonyl (C=O) groups is 3. The van der Waals surface area contributed by atoms with E-state index in [9.17, 15) is 19.6 Å². The standard InChI is InChI=1S/C23H21N3O5/c1-2-24-22(28)17-18(23(24)29)20(21(27)14-7-9-15(10-8-14)26(30)31)25-12-11-13-5-3-4-6-16(13)19(17)25/h3-12,17-20,26,30H,2H2,1H3/t17-,18-,19-,20-/m0/s1. The van der Waals surface area contributed by atoms with Crippen molar-refractivity contribution in [2.24, 2.45) is 11.8 Å². The number of likely N-dealkylation sites (tertiary alicyclic amines) is 1. The molecule has 2 aromatic rings. The minimum absolute atomic E-state index is 0.0785. The molecule has 0 bridgehead atoms. The first kappa shape index (κ1) is 19.6. The van der Waals surface area contributed by atoms with Crippen molar-refractivity contribution in [2.75, 3.05) is 6.54 Å². The van der Waals surface area contributed by atoms with E-state index in [-0.39, 0.29) is 29.8 Å². The van der Waals surface area contributed by atoms with Crippen LogP contribution >= 0.6 is 0 Å². The van der Waals surface area contributed by atoms with Gasteiger partial charge in [-0.3, -0.25) is 19.3 Å². The maximum absolute atomic E-state index is 13.6. The summed E-state index contributed by atoms with van der Waals surface area (Å²) in [6, 6.07) is 12.2. The number of imide groups is 1. The Labute approximate surface area is 178 Å². The van der Waals surface area contributed by atoms with E-state index in [2.05, 4.69) is 0 Å². The predicted octanol–water partition coefficient (Wildman–Crippen LogP) is 1.30. The molecular weight excluding hydrogens is 398 g/mol. The number of ketones is 1. The predicted molar refractivity (Wildman–Crippen MR) is 110 cm³/mol. The van der Waals surface area contributed by atoms with Crippen LogP contribution in [-0.2, 0) is 9.59 Å². The number of benzene rings is 2. The Balaban J connectivity index is 1.61. The zero-order valence-electron chi connectivity index (χ0n) is 16.8. The fourth-order valence-corrected chi connectivity index (χ4v) is 5.18. The van der Waals surface area contributed by atoms with Crippen LogP contribution in [-0.4, -0.2) is 45.2 Å². The number of nitrogens with one attached hydrogen (secondary N) is 1. The number of hydrogen-bond acceptors (Lipinski definition) is 6. The van der Waals surface area contributed by atoms with Crippen LogP contribution < -0.4 is 5.23 Å². The molecule has 0 aliphatic carbocycles. The van der Waals surface area contributed by atoms with E-state index >= 15 is 0 Å². The van der Waals surface area contributed by atoms with Gasteiger partial charge in [-0.1, -0.05) is 24.3 Å². The second-order valence-electron chi connectivity index (χ2n) is 8.00. The van der Waals surface area contributed by atoms with Crippen molar-refractivity contribution in [2.45, 2.75) is 19.0 Å². The van der Waals surface area contributed by atoms with Crippen molar-refractivity contribution in [1.82, 2.24) is 9.80 Å². The molecule has 8 nitrogen and oxygen atoms in total. The molecule has 0 spiro atoms. The van der Waals surface area contributed by atoms with E-state index in [1.165, 1.54) is 29.2 Å². The van der Waals surface area contributed by atoms with Gasteiger partial charge in [0.25, 0.3) is 0 Å². The van der Waals surface area contributed by atoms with Crippen molar-refractivity contribution < 1.29 is 24.8 Å². The maximum atomic E-state index is 13.6. The molecule has 2 aromatic carbocycles. The van der Waals surface area contributed by atoms with Crippen LogP contribution in [0.1, 0.15) is 34.5 Å². The van der Waals surface area contributed by atoms with Crippen LogP contribution in [0.5, 0.6) is 0 Å². The van der Waals surface area contributed by atoms with Gasteiger partial charge in [0.15, 0.2) is 11.5 Å². The Bertz CT molecular complexity index is 1110. The average Bonchev–Trinajstić information content (AvgIpc) is 3.25. The average molecular weight is 419 g/mol. The highest BCUT2D eigenvalue weighted by Crippen LogP contribution is 2.52. The van der Waals surface area contributed by atoms with Gasteiger partial charge in [-0.15, -0.1) is 0 Å². The van der Waals surface area contributed by atoms with E-state index in [1.807, 2.05) is 35.2 Å². The van der Waals surface area contributed by atoms with Crippen LogP contribution in [0.4, 0.5) is 5.69 Å². The Morgan fingerprint density at radius 1 is 1.06 bits per heavy atom. The van der Waals surface area contributed by atoms with Gasteiger partial charge in [0.1, 0.15) is 6.04 Å². The summed E-state index contributed by atoms with van der Waals surface area (Å²) in [5.74, 6) is -2.27. The molecule has 0 radical (unpaired) electrons. The molecule has 8 heteroatoms. The van der Waals surface area contributed by atoms with Crippen molar-refractivity contribution in [1.29, 1.82) is 0 Å². The number of rotatable bonds is 4. The van der Waals surface area contributed by atoms with E-state index in [4.69, 9.17) is 5.21 Å². The first-order valence-electron chi connectivity index (χ1n) is 10.2. The van der Waals surface area contributed by atoms with Gasteiger partial charge >= 0.3 is 0 Å². The minimum atomic E-state index is -1.08. The minimum Gasteiger partial charge on any atom is -0.595 e. The summed E-state index contributed by atoms with van der Waals surface area (Å²) in [4.78, 5) is 43.1. The lowest BCUT2D eigenvalue weighted by Crippen LogP contribution is -2.99. The Morgan fingerprint density at radius 2 is 1.74 bits per heavy atom. The topological polar surface area (TPSA) is 105 Å². The first-order valence-corrected chi connectivity index (χ1v) is 10.2. The van der Waals surface area contributed by atoms with Crippen LogP contribution in [0.3, 0.4) is 0 Å². The van der Waals surface area contributed by atoms with Gasteiger partial charge in [-0.25, -0.2) is 5.21 Å². The molecule has 5 rings (SSSR count). The second-order valence-corrected chi connectivity index (χ2v) is 8.00. The number of carbonyl (C=O) groups excluding carboxylic acids is 3. The lowest BCUT2D eigenvalue weighted by molar-refractivity contribution is -0.991. The molecule has 158 valence electrons. The van der Waals surface area contributed by atoms with Crippen LogP contribution in [0.2, 0.25) is 0 Å². The quantitative estimate of drug-likeness (QED) is 0.440. The Hall–Kier alpha value is -3.33. The molecule has 2 fully saturated rings. The molecule has 0 saturated carbocycles. The summed E-state index contributed by atoms with van der Waals surface area (Å²) in [5.41, 5.74) is 2.29. The van der Waals surface area contributed by atoms with Crippen LogP contribution in [0.15, 0.2) is 54.7 Å². The van der Waals surface area contributed by atoms with E-state index in [0.29, 0.717) is 5.56 Å². The van der Waals surface area contributed by atoms with Gasteiger partial charge in [0.05, 0.1) is 17.9 Å². The lowest BCUT2D eigenvalue weighted by Gasteiger charge is -2.35. The first-order chi connectivity index (χ1) is 14.9. The number of amides is 2. The van der Waals surface area contributed by atoms with Crippen molar-refractivity contribution >= 4 is 29.4 Å². The summed E-state index contributed by atoms with van der Waals surface area (Å²) < 4.78 is 0. The highest BCUT2D eigenvalue weighted by molar-refractivity contribution is 6.12. The summed E-state index contributed by atoms with van der Waals surface area (Å²) in [6.07, 6.45) is 3.70. The highest BCUT2D eigenvalue weighted by atomic mass is 16.8. The molecule has 3 heterocycles. The molecule has 2 saturated heterocycles. The molecule has 0 aromatic heterocycles. The molecule has 2 N–H and O–H groups in total. The molecule has 3 aliphatic rings. The lowest BCUT2D eigenvalue weighted by atomic mass is 9.83. The van der Waals surface area contributed by atoms with Crippen molar-refractivity contribution in [3.05, 3.63) is 76.6 Å². The summed E-state index contributed by atoms with van der Waals surface area (Å²) in [7, 11) is 0. The number of quaternary nitrogens is 1. The van der Waals surface area contributed by atoms with E-state index < -0.39 is 29.1 Å². The smallest absolute Gasteiger partial charge is 0.235 e. The second kappa shape index (κ2) is 7.12. The van der Waals surface area contributed by atoms with Gasteiger partial charge in [-0.2, -0.15) is 5.23 Å². The van der Waals surface area contributed by atoms with E-state index in [1.54, 1.807) is 13.1 Å². The number of nitrogens with zero attached hydrogens (tertiary/aromatic N) is 2. The number of Topliss-reactive ketones (excluding diaryl/α,β-unsaturated/α-hetero) is 1. The monoisotopic (exact) mass is 419 g/mol. The summed E-state index contributed by atoms with van der Waals surface area (Å²) in [5, 5.41) is 19.2. The Morgan fingerprint density at radius 3 is 2.42 bits per heavy atom. The summed E-state index contributed by atoms with van der Waals surface area (Å²) in [6.45, 7) is 2.02. The molecule has 5 atom stereocenters. The van der Waals surface area contributed by atoms with Crippen LogP contribution in [0, 0.1) is 17.0 Å². The SMILES string of the molecule is CCN1C(=O)[C@H]2[C@H](C1=O)[C@@H]1c3ccccc3C=CN1[C@@H]2C(=O)c1ccc([NH+]([O-])O)cc1. The van der Waals surface area contributed by atoms with Gasteiger partial charge < -0.3 is 10.1 Å². The normalized spacial score (nSPS) is 27.2. The third-order valence-electron chi connectivity index (χ3n) is 6.55. The Kier molecular flexibility index (Phi) is 4.51. The molecule has 1 unspecified atom stereocenters.